The van der Waals surface area contributed by atoms with Crippen LogP contribution >= 0.6 is 0 Å². The molecular formula is C20H14O2. The van der Waals surface area contributed by atoms with Gasteiger partial charge in [-0.2, -0.15) is 0 Å². The predicted octanol–water partition coefficient (Wildman–Crippen LogP) is 4.39. The van der Waals surface area contributed by atoms with Gasteiger partial charge in [0.1, 0.15) is 0 Å². The number of aryl methyl sites for hydroxylation is 1. The van der Waals surface area contributed by atoms with E-state index in [0.717, 1.165) is 32.8 Å². The lowest BCUT2D eigenvalue weighted by Crippen LogP contribution is -2.18. The molecule has 0 N–H and O–H groups in total. The van der Waals surface area contributed by atoms with Crippen LogP contribution < -0.4 is 0 Å². The van der Waals surface area contributed by atoms with E-state index in [9.17, 15) is 9.59 Å². The Hall–Kier alpha value is -2.74. The van der Waals surface area contributed by atoms with Gasteiger partial charge in [-0.3, -0.25) is 9.59 Å². The molecule has 0 atom stereocenters. The first kappa shape index (κ1) is 13.0. The second kappa shape index (κ2) is 4.38. The minimum Gasteiger partial charge on any atom is -0.286 e. The fourth-order valence-corrected chi connectivity index (χ4v) is 3.32. The van der Waals surface area contributed by atoms with Crippen molar-refractivity contribution in [3.8, 4) is 0 Å². The van der Waals surface area contributed by atoms with Gasteiger partial charge in [-0.1, -0.05) is 24.3 Å². The minimum atomic E-state index is -0.435. The van der Waals surface area contributed by atoms with Crippen molar-refractivity contribution < 1.29 is 9.59 Å². The molecule has 0 amide bonds. The van der Waals surface area contributed by atoms with Crippen LogP contribution in [-0.2, 0) is 4.79 Å². The Morgan fingerprint density at radius 1 is 0.773 bits per heavy atom. The maximum absolute atomic E-state index is 12.3. The SMILES string of the molecule is Cc1c2c(c3cc4ccccc4cc3c1C)C=CC(=O)C2=O. The molecule has 106 valence electrons. The second-order valence-corrected chi connectivity index (χ2v) is 5.81. The van der Waals surface area contributed by atoms with Crippen LogP contribution in [0.2, 0.25) is 0 Å². The molecule has 0 fully saturated rings. The number of ketones is 2. The molecule has 2 heteroatoms. The Bertz CT molecular complexity index is 1020. The zero-order valence-electron chi connectivity index (χ0n) is 12.4. The quantitative estimate of drug-likeness (QED) is 0.454. The van der Waals surface area contributed by atoms with Crippen molar-refractivity contribution in [1.29, 1.82) is 0 Å². The minimum absolute atomic E-state index is 0.395. The smallest absolute Gasteiger partial charge is 0.233 e. The summed E-state index contributed by atoms with van der Waals surface area (Å²) in [6, 6.07) is 12.5. The first-order valence-corrected chi connectivity index (χ1v) is 7.30. The molecule has 2 nitrogen and oxygen atoms in total. The molecule has 1 aliphatic carbocycles. The Labute approximate surface area is 128 Å². The molecule has 0 saturated carbocycles. The predicted molar refractivity (Wildman–Crippen MR) is 89.3 cm³/mol. The van der Waals surface area contributed by atoms with Crippen LogP contribution in [-0.4, -0.2) is 11.6 Å². The van der Waals surface area contributed by atoms with E-state index in [1.54, 1.807) is 6.08 Å². The molecule has 0 heterocycles. The lowest BCUT2D eigenvalue weighted by Gasteiger charge is -2.18. The number of hydrogen-bond donors (Lipinski definition) is 0. The summed E-state index contributed by atoms with van der Waals surface area (Å²) in [5.74, 6) is -0.830. The van der Waals surface area contributed by atoms with E-state index in [4.69, 9.17) is 0 Å². The molecule has 1 aliphatic rings. The molecule has 0 bridgehead atoms. The Morgan fingerprint density at radius 2 is 1.41 bits per heavy atom. The Kier molecular flexibility index (Phi) is 2.58. The van der Waals surface area contributed by atoms with Gasteiger partial charge >= 0.3 is 0 Å². The zero-order chi connectivity index (χ0) is 15.4. The lowest BCUT2D eigenvalue weighted by molar-refractivity contribution is -0.110. The molecule has 0 saturated heterocycles. The highest BCUT2D eigenvalue weighted by atomic mass is 16.2. The van der Waals surface area contributed by atoms with Crippen molar-refractivity contribution in [2.45, 2.75) is 13.8 Å². The maximum Gasteiger partial charge on any atom is 0.233 e. The summed E-state index contributed by atoms with van der Waals surface area (Å²) < 4.78 is 0. The van der Waals surface area contributed by atoms with Crippen molar-refractivity contribution in [2.75, 3.05) is 0 Å². The number of Topliss-reactive ketones (excluding diaryl/α,β-unsaturated/α-hetero) is 1. The molecule has 22 heavy (non-hydrogen) atoms. The summed E-state index contributed by atoms with van der Waals surface area (Å²) in [6.07, 6.45) is 3.16. The van der Waals surface area contributed by atoms with E-state index >= 15 is 0 Å². The highest BCUT2D eigenvalue weighted by Gasteiger charge is 2.26. The van der Waals surface area contributed by atoms with Crippen LogP contribution in [0.3, 0.4) is 0 Å². The van der Waals surface area contributed by atoms with Crippen LogP contribution in [0.15, 0.2) is 42.5 Å². The van der Waals surface area contributed by atoms with E-state index in [2.05, 4.69) is 24.3 Å². The maximum atomic E-state index is 12.3. The van der Waals surface area contributed by atoms with Gasteiger partial charge in [0.25, 0.3) is 0 Å². The van der Waals surface area contributed by atoms with Crippen LogP contribution in [0.1, 0.15) is 27.0 Å². The molecule has 0 radical (unpaired) electrons. The highest BCUT2D eigenvalue weighted by molar-refractivity contribution is 6.51. The van der Waals surface area contributed by atoms with Crippen molar-refractivity contribution in [3.05, 3.63) is 64.7 Å². The molecule has 0 aliphatic heterocycles. The summed E-state index contributed by atoms with van der Waals surface area (Å²) in [5, 5.41) is 4.49. The van der Waals surface area contributed by atoms with E-state index < -0.39 is 11.6 Å². The fourth-order valence-electron chi connectivity index (χ4n) is 3.32. The second-order valence-electron chi connectivity index (χ2n) is 5.81. The number of rotatable bonds is 0. The molecule has 3 aromatic rings. The van der Waals surface area contributed by atoms with Gasteiger partial charge in [0.2, 0.25) is 11.6 Å². The van der Waals surface area contributed by atoms with Crippen LogP contribution in [0.25, 0.3) is 27.6 Å². The Balaban J connectivity index is 2.25. The van der Waals surface area contributed by atoms with E-state index in [-0.39, 0.29) is 0 Å². The third kappa shape index (κ3) is 1.61. The molecule has 3 aromatic carbocycles. The summed E-state index contributed by atoms with van der Waals surface area (Å²) >= 11 is 0. The van der Waals surface area contributed by atoms with Gasteiger partial charge in [0, 0.05) is 5.56 Å². The summed E-state index contributed by atoms with van der Waals surface area (Å²) in [4.78, 5) is 24.0. The van der Waals surface area contributed by atoms with Crippen LogP contribution in [0.5, 0.6) is 0 Å². The van der Waals surface area contributed by atoms with Crippen molar-refractivity contribution >= 4 is 39.2 Å². The van der Waals surface area contributed by atoms with Crippen molar-refractivity contribution in [3.63, 3.8) is 0 Å². The van der Waals surface area contributed by atoms with Gasteiger partial charge in [0.05, 0.1) is 0 Å². The summed E-state index contributed by atoms with van der Waals surface area (Å²) in [5.41, 5.74) is 3.40. The van der Waals surface area contributed by atoms with E-state index in [0.29, 0.717) is 5.56 Å². The summed E-state index contributed by atoms with van der Waals surface area (Å²) in [7, 11) is 0. The normalized spacial score (nSPS) is 13.9. The van der Waals surface area contributed by atoms with E-state index in [1.807, 2.05) is 26.0 Å². The van der Waals surface area contributed by atoms with Gasteiger partial charge in [-0.25, -0.2) is 0 Å². The first-order valence-electron chi connectivity index (χ1n) is 7.30. The largest absolute Gasteiger partial charge is 0.286 e. The number of carbonyl (C=O) groups excluding carboxylic acids is 2. The Morgan fingerprint density at radius 3 is 2.09 bits per heavy atom. The molecule has 0 aromatic heterocycles. The van der Waals surface area contributed by atoms with Gasteiger partial charge in [-0.15, -0.1) is 0 Å². The van der Waals surface area contributed by atoms with Crippen molar-refractivity contribution in [1.82, 2.24) is 0 Å². The first-order chi connectivity index (χ1) is 10.6. The van der Waals surface area contributed by atoms with E-state index in [1.165, 1.54) is 11.5 Å². The van der Waals surface area contributed by atoms with Gasteiger partial charge < -0.3 is 0 Å². The molecule has 0 unspecified atom stereocenters. The lowest BCUT2D eigenvalue weighted by atomic mass is 9.84. The number of fused-ring (bicyclic) bond motifs is 4. The zero-order valence-corrected chi connectivity index (χ0v) is 12.4. The van der Waals surface area contributed by atoms with Crippen LogP contribution in [0.4, 0.5) is 0 Å². The van der Waals surface area contributed by atoms with Gasteiger partial charge in [-0.05, 0) is 76.4 Å². The molecular weight excluding hydrogens is 272 g/mol. The third-order valence-electron chi connectivity index (χ3n) is 4.64. The standard InChI is InChI=1S/C20H14O2/c1-11-12(2)19-15(7-8-18(21)20(19)22)17-10-14-6-4-3-5-13(14)9-16(11)17/h3-10H,1-2H3. The number of allylic oxidation sites excluding steroid dienone is 1. The number of carbonyl (C=O) groups is 2. The molecule has 0 spiro atoms. The molecule has 4 rings (SSSR count). The van der Waals surface area contributed by atoms with Gasteiger partial charge in [0.15, 0.2) is 0 Å². The van der Waals surface area contributed by atoms with Crippen molar-refractivity contribution in [2.24, 2.45) is 0 Å². The number of benzene rings is 3. The average molecular weight is 286 g/mol. The average Bonchev–Trinajstić information content (AvgIpc) is 2.54. The highest BCUT2D eigenvalue weighted by Crippen LogP contribution is 2.35. The number of hydrogen-bond acceptors (Lipinski definition) is 2. The fraction of sp³-hybridized carbons (Fsp3) is 0.100. The van der Waals surface area contributed by atoms with Crippen LogP contribution in [0, 0.1) is 13.8 Å². The summed E-state index contributed by atoms with van der Waals surface area (Å²) in [6.45, 7) is 3.94. The third-order valence-corrected chi connectivity index (χ3v) is 4.64. The topological polar surface area (TPSA) is 34.1 Å². The monoisotopic (exact) mass is 286 g/mol.